The molecule has 0 unspecified atom stereocenters. The molecule has 0 radical (unpaired) electrons. The zero-order valence-corrected chi connectivity index (χ0v) is 10.7. The summed E-state index contributed by atoms with van der Waals surface area (Å²) in [6.07, 6.45) is 2.33. The van der Waals surface area contributed by atoms with Gasteiger partial charge in [0.1, 0.15) is 5.01 Å². The van der Waals surface area contributed by atoms with Crippen molar-refractivity contribution in [2.75, 3.05) is 0 Å². The van der Waals surface area contributed by atoms with Crippen LogP contribution in [0.5, 0.6) is 0 Å². The van der Waals surface area contributed by atoms with E-state index in [4.69, 9.17) is 5.84 Å². The average molecular weight is 273 g/mol. The summed E-state index contributed by atoms with van der Waals surface area (Å²) in [4.78, 5) is 16.2. The Morgan fingerprint density at radius 2 is 2.16 bits per heavy atom. The van der Waals surface area contributed by atoms with Crippen molar-refractivity contribution in [2.45, 2.75) is 6.42 Å². The number of nitrogens with one attached hydrogen (secondary N) is 1. The molecule has 2 heterocycles. The van der Waals surface area contributed by atoms with Crippen LogP contribution in [0.25, 0.3) is 4.96 Å². The molecule has 0 aliphatic heterocycles. The van der Waals surface area contributed by atoms with Crippen LogP contribution in [-0.4, -0.2) is 20.5 Å². The SMILES string of the molecule is NNC(=O)c1cn2nc(Cc3ccccc3)sc2n1. The minimum atomic E-state index is -0.415. The maximum absolute atomic E-state index is 11.3. The van der Waals surface area contributed by atoms with Crippen molar-refractivity contribution in [3.8, 4) is 0 Å². The molecule has 7 heteroatoms. The Balaban J connectivity index is 1.87. The molecule has 19 heavy (non-hydrogen) atoms. The van der Waals surface area contributed by atoms with Crippen LogP contribution >= 0.6 is 11.3 Å². The number of fused-ring (bicyclic) bond motifs is 1. The van der Waals surface area contributed by atoms with Gasteiger partial charge in [0.2, 0.25) is 4.96 Å². The minimum absolute atomic E-state index is 0.271. The number of benzene rings is 1. The van der Waals surface area contributed by atoms with Crippen LogP contribution in [0, 0.1) is 0 Å². The van der Waals surface area contributed by atoms with Crippen LogP contribution in [0.1, 0.15) is 21.1 Å². The lowest BCUT2D eigenvalue weighted by molar-refractivity contribution is 0.0949. The second kappa shape index (κ2) is 4.79. The van der Waals surface area contributed by atoms with Crippen molar-refractivity contribution in [2.24, 2.45) is 5.84 Å². The Bertz CT molecular complexity index is 687. The molecule has 1 aromatic carbocycles. The van der Waals surface area contributed by atoms with Gasteiger partial charge in [-0.15, -0.1) is 0 Å². The predicted octanol–water partition coefficient (Wildman–Crippen LogP) is 0.985. The maximum atomic E-state index is 11.3. The summed E-state index contributed by atoms with van der Waals surface area (Å²) in [6, 6.07) is 10.1. The summed E-state index contributed by atoms with van der Waals surface area (Å²) >= 11 is 1.46. The van der Waals surface area contributed by atoms with Crippen LogP contribution in [0.15, 0.2) is 36.5 Å². The number of carbonyl (C=O) groups excluding carboxylic acids is 1. The smallest absolute Gasteiger partial charge is 0.285 e. The number of hydrogen-bond acceptors (Lipinski definition) is 5. The Labute approximate surface area is 112 Å². The molecule has 0 saturated heterocycles. The number of hydrogen-bond donors (Lipinski definition) is 2. The van der Waals surface area contributed by atoms with Gasteiger partial charge in [0.15, 0.2) is 5.69 Å². The molecule has 0 fully saturated rings. The summed E-state index contributed by atoms with van der Waals surface area (Å²) in [5.74, 6) is 4.65. The summed E-state index contributed by atoms with van der Waals surface area (Å²) in [5.41, 5.74) is 3.51. The lowest BCUT2D eigenvalue weighted by atomic mass is 10.2. The van der Waals surface area contributed by atoms with E-state index >= 15 is 0 Å². The van der Waals surface area contributed by atoms with Gasteiger partial charge in [0.25, 0.3) is 5.91 Å². The maximum Gasteiger partial charge on any atom is 0.285 e. The molecule has 3 aromatic rings. The fourth-order valence-electron chi connectivity index (χ4n) is 1.77. The minimum Gasteiger partial charge on any atom is -0.289 e. The molecule has 6 nitrogen and oxygen atoms in total. The van der Waals surface area contributed by atoms with Gasteiger partial charge in [0.05, 0.1) is 6.20 Å². The monoisotopic (exact) mass is 273 g/mol. The number of nitrogens with two attached hydrogens (primary N) is 1. The fourth-order valence-corrected chi connectivity index (χ4v) is 2.68. The lowest BCUT2D eigenvalue weighted by Gasteiger charge is -1.95. The summed E-state index contributed by atoms with van der Waals surface area (Å²) in [7, 11) is 0. The Morgan fingerprint density at radius 1 is 1.37 bits per heavy atom. The third-order valence-corrected chi connectivity index (χ3v) is 3.57. The van der Waals surface area contributed by atoms with E-state index in [-0.39, 0.29) is 5.69 Å². The van der Waals surface area contributed by atoms with Crippen LogP contribution in [0.4, 0.5) is 0 Å². The quantitative estimate of drug-likeness (QED) is 0.423. The fraction of sp³-hybridized carbons (Fsp3) is 0.0833. The number of rotatable bonds is 3. The van der Waals surface area contributed by atoms with Gasteiger partial charge in [-0.1, -0.05) is 41.7 Å². The van der Waals surface area contributed by atoms with E-state index in [2.05, 4.69) is 22.2 Å². The first-order valence-corrected chi connectivity index (χ1v) is 6.48. The highest BCUT2D eigenvalue weighted by atomic mass is 32.1. The second-order valence-corrected chi connectivity index (χ2v) is 5.03. The highest BCUT2D eigenvalue weighted by molar-refractivity contribution is 7.16. The van der Waals surface area contributed by atoms with E-state index in [1.165, 1.54) is 16.9 Å². The van der Waals surface area contributed by atoms with E-state index in [1.807, 2.05) is 23.6 Å². The Kier molecular flexibility index (Phi) is 2.98. The molecular formula is C12H11N5OS. The lowest BCUT2D eigenvalue weighted by Crippen LogP contribution is -2.30. The van der Waals surface area contributed by atoms with Crippen molar-refractivity contribution in [3.63, 3.8) is 0 Å². The summed E-state index contributed by atoms with van der Waals surface area (Å²) in [6.45, 7) is 0. The van der Waals surface area contributed by atoms with Crippen LogP contribution in [0.2, 0.25) is 0 Å². The number of carbonyl (C=O) groups is 1. The number of imidazole rings is 1. The summed E-state index contributed by atoms with van der Waals surface area (Å²) < 4.78 is 1.60. The van der Waals surface area contributed by atoms with Gasteiger partial charge >= 0.3 is 0 Å². The van der Waals surface area contributed by atoms with Gasteiger partial charge in [-0.3, -0.25) is 10.2 Å². The van der Waals surface area contributed by atoms with Gasteiger partial charge in [-0.05, 0) is 5.56 Å². The van der Waals surface area contributed by atoms with Crippen molar-refractivity contribution in [3.05, 3.63) is 52.8 Å². The van der Waals surface area contributed by atoms with Crippen molar-refractivity contribution in [1.82, 2.24) is 20.0 Å². The number of aromatic nitrogens is 3. The van der Waals surface area contributed by atoms with Gasteiger partial charge in [0, 0.05) is 6.42 Å². The first-order valence-electron chi connectivity index (χ1n) is 5.66. The molecular weight excluding hydrogens is 262 g/mol. The summed E-state index contributed by atoms with van der Waals surface area (Å²) in [5, 5.41) is 5.35. The topological polar surface area (TPSA) is 85.3 Å². The number of hydrazine groups is 1. The van der Waals surface area contributed by atoms with Crippen LogP contribution in [-0.2, 0) is 6.42 Å². The highest BCUT2D eigenvalue weighted by Crippen LogP contribution is 2.17. The van der Waals surface area contributed by atoms with Crippen molar-refractivity contribution in [1.29, 1.82) is 0 Å². The zero-order valence-electron chi connectivity index (χ0n) is 9.91. The molecule has 1 amide bonds. The molecule has 96 valence electrons. The molecule has 3 rings (SSSR count). The first kappa shape index (κ1) is 11.8. The van der Waals surface area contributed by atoms with Gasteiger partial charge < -0.3 is 0 Å². The largest absolute Gasteiger partial charge is 0.289 e. The molecule has 0 aliphatic carbocycles. The molecule has 0 aliphatic rings. The predicted molar refractivity (Wildman–Crippen MR) is 71.8 cm³/mol. The normalized spacial score (nSPS) is 10.8. The average Bonchev–Trinajstić information content (AvgIpc) is 2.97. The number of amides is 1. The number of nitrogens with zero attached hydrogens (tertiary/aromatic N) is 3. The van der Waals surface area contributed by atoms with E-state index in [0.29, 0.717) is 4.96 Å². The third kappa shape index (κ3) is 2.33. The molecule has 0 bridgehead atoms. The van der Waals surface area contributed by atoms with Gasteiger partial charge in [-0.2, -0.15) is 5.10 Å². The van der Waals surface area contributed by atoms with E-state index in [0.717, 1.165) is 11.4 Å². The third-order valence-electron chi connectivity index (χ3n) is 2.65. The zero-order chi connectivity index (χ0) is 13.2. The number of nitrogen functional groups attached to an aromatic ring is 1. The van der Waals surface area contributed by atoms with E-state index < -0.39 is 5.91 Å². The van der Waals surface area contributed by atoms with E-state index in [9.17, 15) is 4.79 Å². The van der Waals surface area contributed by atoms with Gasteiger partial charge in [-0.25, -0.2) is 15.3 Å². The first-order chi connectivity index (χ1) is 9.26. The molecule has 0 spiro atoms. The van der Waals surface area contributed by atoms with Crippen molar-refractivity contribution < 1.29 is 4.79 Å². The van der Waals surface area contributed by atoms with Crippen LogP contribution in [0.3, 0.4) is 0 Å². The molecule has 0 atom stereocenters. The standard InChI is InChI=1S/C12H11N5OS/c13-15-11(18)9-7-17-12(14-9)19-10(16-17)6-8-4-2-1-3-5-8/h1-5,7H,6,13H2,(H,15,18). The van der Waals surface area contributed by atoms with E-state index in [1.54, 1.807) is 10.7 Å². The second-order valence-electron chi connectivity index (χ2n) is 3.98. The molecule has 2 aromatic heterocycles. The Hall–Kier alpha value is -2.25. The highest BCUT2D eigenvalue weighted by Gasteiger charge is 2.12. The molecule has 3 N–H and O–H groups in total. The van der Waals surface area contributed by atoms with Crippen molar-refractivity contribution >= 4 is 22.2 Å². The molecule has 0 saturated carbocycles. The Morgan fingerprint density at radius 3 is 2.84 bits per heavy atom. The van der Waals surface area contributed by atoms with Crippen LogP contribution < -0.4 is 11.3 Å².